The minimum atomic E-state index is -1.49. The molecule has 1 atom stereocenters. The average Bonchev–Trinajstić information content (AvgIpc) is 2.17. The van der Waals surface area contributed by atoms with Crippen molar-refractivity contribution in [3.05, 3.63) is 34.9 Å². The summed E-state index contributed by atoms with van der Waals surface area (Å²) in [6, 6.07) is 6.90. The molecule has 72 valence electrons. The van der Waals surface area contributed by atoms with E-state index >= 15 is 0 Å². The van der Waals surface area contributed by atoms with Gasteiger partial charge in [-0.2, -0.15) is 0 Å². The Bertz CT molecular complexity index is 284. The fourth-order valence-corrected chi connectivity index (χ4v) is 1.57. The maximum atomic E-state index is 14.0. The molecule has 0 fully saturated rings. The van der Waals surface area contributed by atoms with Crippen LogP contribution in [0.5, 0.6) is 0 Å². The van der Waals surface area contributed by atoms with Gasteiger partial charge >= 0.3 is 0 Å². The third-order valence-corrected chi connectivity index (χ3v) is 2.57. The van der Waals surface area contributed by atoms with E-state index in [1.54, 1.807) is 31.2 Å². The molecule has 1 unspecified atom stereocenters. The van der Waals surface area contributed by atoms with Crippen LogP contribution < -0.4 is 5.73 Å². The molecular weight excluding hydrogens is 189 g/mol. The Morgan fingerprint density at radius 2 is 2.08 bits per heavy atom. The third kappa shape index (κ3) is 2.01. The molecule has 0 saturated heterocycles. The zero-order valence-corrected chi connectivity index (χ0v) is 8.31. The molecule has 0 aliphatic rings. The maximum absolute atomic E-state index is 14.0. The van der Waals surface area contributed by atoms with Crippen LogP contribution in [0.15, 0.2) is 24.3 Å². The van der Waals surface area contributed by atoms with Crippen molar-refractivity contribution in [2.75, 3.05) is 6.54 Å². The molecule has 0 heterocycles. The Morgan fingerprint density at radius 1 is 1.46 bits per heavy atom. The third-order valence-electron chi connectivity index (χ3n) is 2.24. The highest BCUT2D eigenvalue weighted by atomic mass is 35.5. The summed E-state index contributed by atoms with van der Waals surface area (Å²) in [7, 11) is 0. The Labute approximate surface area is 82.7 Å². The van der Waals surface area contributed by atoms with Crippen LogP contribution in [0.2, 0.25) is 5.02 Å². The van der Waals surface area contributed by atoms with Crippen molar-refractivity contribution in [3.63, 3.8) is 0 Å². The molecule has 0 aliphatic heterocycles. The molecule has 0 radical (unpaired) electrons. The van der Waals surface area contributed by atoms with Gasteiger partial charge in [0.25, 0.3) is 0 Å². The van der Waals surface area contributed by atoms with E-state index in [9.17, 15) is 4.39 Å². The molecule has 0 aromatic heterocycles. The van der Waals surface area contributed by atoms with Crippen molar-refractivity contribution in [2.45, 2.75) is 19.0 Å². The number of hydrogen-bond acceptors (Lipinski definition) is 1. The van der Waals surface area contributed by atoms with E-state index < -0.39 is 5.67 Å². The highest BCUT2D eigenvalue weighted by Gasteiger charge is 2.29. The van der Waals surface area contributed by atoms with Gasteiger partial charge < -0.3 is 5.73 Å². The van der Waals surface area contributed by atoms with Gasteiger partial charge in [-0.1, -0.05) is 36.7 Å². The predicted molar refractivity (Wildman–Crippen MR) is 53.6 cm³/mol. The van der Waals surface area contributed by atoms with Gasteiger partial charge in [-0.15, -0.1) is 0 Å². The summed E-state index contributed by atoms with van der Waals surface area (Å²) in [6.07, 6.45) is 0.341. The van der Waals surface area contributed by atoms with Crippen molar-refractivity contribution < 1.29 is 4.39 Å². The predicted octanol–water partition coefficient (Wildman–Crippen LogP) is 2.87. The summed E-state index contributed by atoms with van der Waals surface area (Å²) >= 11 is 5.87. The van der Waals surface area contributed by atoms with Gasteiger partial charge in [-0.3, -0.25) is 0 Å². The molecule has 0 aliphatic carbocycles. The van der Waals surface area contributed by atoms with Crippen molar-refractivity contribution >= 4 is 11.6 Å². The lowest BCUT2D eigenvalue weighted by Gasteiger charge is -2.23. The molecule has 0 spiro atoms. The molecule has 1 aromatic rings. The van der Waals surface area contributed by atoms with Crippen molar-refractivity contribution in [1.82, 2.24) is 0 Å². The Hall–Kier alpha value is -0.600. The van der Waals surface area contributed by atoms with Crippen LogP contribution in [0.1, 0.15) is 18.9 Å². The summed E-state index contributed by atoms with van der Waals surface area (Å²) in [5.74, 6) is 0. The highest BCUT2D eigenvalue weighted by molar-refractivity contribution is 6.31. The maximum Gasteiger partial charge on any atom is 0.149 e. The van der Waals surface area contributed by atoms with Gasteiger partial charge in [-0.25, -0.2) is 4.39 Å². The quantitative estimate of drug-likeness (QED) is 0.800. The first-order chi connectivity index (χ1) is 6.14. The molecule has 0 bridgehead atoms. The second-order valence-corrected chi connectivity index (χ2v) is 3.41. The van der Waals surface area contributed by atoms with Crippen molar-refractivity contribution in [2.24, 2.45) is 5.73 Å². The minimum absolute atomic E-state index is 0.0345. The minimum Gasteiger partial charge on any atom is -0.327 e. The van der Waals surface area contributed by atoms with Crippen LogP contribution in [0.3, 0.4) is 0 Å². The lowest BCUT2D eigenvalue weighted by Crippen LogP contribution is -2.29. The van der Waals surface area contributed by atoms with Crippen LogP contribution in [-0.2, 0) is 5.67 Å². The standard InChI is InChI=1S/C10H13ClFN/c1-2-10(12,7-13)8-5-3-4-6-9(8)11/h3-6H,2,7,13H2,1H3. The number of rotatable bonds is 3. The molecule has 2 N–H and O–H groups in total. The first kappa shape index (κ1) is 10.5. The number of benzene rings is 1. The van der Waals surface area contributed by atoms with Gasteiger partial charge in [0.05, 0.1) is 0 Å². The molecule has 3 heteroatoms. The zero-order valence-electron chi connectivity index (χ0n) is 7.56. The molecular formula is C10H13ClFN. The van der Waals surface area contributed by atoms with Gasteiger partial charge in [0.1, 0.15) is 5.67 Å². The van der Waals surface area contributed by atoms with Crippen molar-refractivity contribution in [1.29, 1.82) is 0 Å². The van der Waals surface area contributed by atoms with Crippen LogP contribution in [0, 0.1) is 0 Å². The Balaban J connectivity index is 3.12. The highest BCUT2D eigenvalue weighted by Crippen LogP contribution is 2.33. The summed E-state index contributed by atoms with van der Waals surface area (Å²) in [5.41, 5.74) is 4.38. The second-order valence-electron chi connectivity index (χ2n) is 3.00. The van der Waals surface area contributed by atoms with Gasteiger partial charge in [0.15, 0.2) is 0 Å². The Kier molecular flexibility index (Phi) is 3.28. The first-order valence-electron chi connectivity index (χ1n) is 4.28. The molecule has 1 aromatic carbocycles. The van der Waals surface area contributed by atoms with Crippen LogP contribution in [0.4, 0.5) is 4.39 Å². The van der Waals surface area contributed by atoms with Crippen LogP contribution in [0.25, 0.3) is 0 Å². The molecule has 13 heavy (non-hydrogen) atoms. The molecule has 1 nitrogen and oxygen atoms in total. The number of alkyl halides is 1. The summed E-state index contributed by atoms with van der Waals surface area (Å²) in [5, 5.41) is 0.442. The van der Waals surface area contributed by atoms with Gasteiger partial charge in [0, 0.05) is 17.1 Å². The van der Waals surface area contributed by atoms with Gasteiger partial charge in [0.2, 0.25) is 0 Å². The summed E-state index contributed by atoms with van der Waals surface area (Å²) < 4.78 is 14.0. The zero-order chi connectivity index (χ0) is 9.90. The number of halogens is 2. The van der Waals surface area contributed by atoms with E-state index in [0.717, 1.165) is 0 Å². The van der Waals surface area contributed by atoms with E-state index in [1.165, 1.54) is 0 Å². The molecule has 0 amide bonds. The lowest BCUT2D eigenvalue weighted by atomic mass is 9.93. The first-order valence-corrected chi connectivity index (χ1v) is 4.66. The number of nitrogens with two attached hydrogens (primary N) is 1. The van der Waals surface area contributed by atoms with Gasteiger partial charge in [-0.05, 0) is 12.5 Å². The lowest BCUT2D eigenvalue weighted by molar-refractivity contribution is 0.169. The normalized spacial score (nSPS) is 15.4. The topological polar surface area (TPSA) is 26.0 Å². The smallest absolute Gasteiger partial charge is 0.149 e. The monoisotopic (exact) mass is 201 g/mol. The van der Waals surface area contributed by atoms with E-state index in [1.807, 2.05) is 0 Å². The van der Waals surface area contributed by atoms with Crippen LogP contribution >= 0.6 is 11.6 Å². The SMILES string of the molecule is CCC(F)(CN)c1ccccc1Cl. The molecule has 1 rings (SSSR count). The summed E-state index contributed by atoms with van der Waals surface area (Å²) in [4.78, 5) is 0. The van der Waals surface area contributed by atoms with Crippen LogP contribution in [-0.4, -0.2) is 6.54 Å². The largest absolute Gasteiger partial charge is 0.327 e. The molecule has 0 saturated carbocycles. The van der Waals surface area contributed by atoms with Crippen molar-refractivity contribution in [3.8, 4) is 0 Å². The number of hydrogen-bond donors (Lipinski definition) is 1. The second kappa shape index (κ2) is 4.07. The fraction of sp³-hybridized carbons (Fsp3) is 0.400. The van der Waals surface area contributed by atoms with E-state index in [2.05, 4.69) is 0 Å². The summed E-state index contributed by atoms with van der Waals surface area (Å²) in [6.45, 7) is 1.73. The van der Waals surface area contributed by atoms with E-state index in [4.69, 9.17) is 17.3 Å². The van der Waals surface area contributed by atoms with E-state index in [0.29, 0.717) is 17.0 Å². The fourth-order valence-electron chi connectivity index (χ4n) is 1.27. The van der Waals surface area contributed by atoms with E-state index in [-0.39, 0.29) is 6.54 Å². The Morgan fingerprint density at radius 3 is 2.54 bits per heavy atom. The average molecular weight is 202 g/mol.